The average Bonchev–Trinajstić information content (AvgIpc) is 2.61. The van der Waals surface area contributed by atoms with E-state index in [1.165, 1.54) is 0 Å². The normalized spacial score (nSPS) is 16.4. The van der Waals surface area contributed by atoms with Gasteiger partial charge in [-0.3, -0.25) is 4.79 Å². The Morgan fingerprint density at radius 2 is 1.74 bits per heavy atom. The lowest BCUT2D eigenvalue weighted by atomic mass is 9.99. The molecule has 1 atom stereocenters. The van der Waals surface area contributed by atoms with E-state index in [0.29, 0.717) is 12.2 Å². The Kier molecular flexibility index (Phi) is 3.46. The van der Waals surface area contributed by atoms with Crippen LogP contribution in [-0.4, -0.2) is 12.5 Å². The van der Waals surface area contributed by atoms with Gasteiger partial charge in [-0.05, 0) is 22.9 Å². The molecule has 0 radical (unpaired) electrons. The molecule has 3 heteroatoms. The first kappa shape index (κ1) is 13.8. The van der Waals surface area contributed by atoms with Crippen LogP contribution < -0.4 is 10.1 Å². The van der Waals surface area contributed by atoms with Crippen LogP contribution in [-0.2, 0) is 0 Å². The quantitative estimate of drug-likeness (QED) is 0.774. The number of rotatable bonds is 2. The number of carbonyl (C=O) groups is 1. The minimum absolute atomic E-state index is 0.00795. The maximum atomic E-state index is 12.8. The average molecular weight is 303 g/mol. The predicted molar refractivity (Wildman–Crippen MR) is 90.7 cm³/mol. The highest BCUT2D eigenvalue weighted by molar-refractivity contribution is 6.07. The molecule has 0 unspecified atom stereocenters. The summed E-state index contributed by atoms with van der Waals surface area (Å²) in [7, 11) is 0. The van der Waals surface area contributed by atoms with Crippen LogP contribution in [0.3, 0.4) is 0 Å². The number of para-hydroxylation sites is 1. The van der Waals surface area contributed by atoms with Crippen LogP contribution in [0.2, 0.25) is 0 Å². The second kappa shape index (κ2) is 5.76. The Hall–Kier alpha value is -2.81. The molecule has 1 aliphatic rings. The molecule has 3 nitrogen and oxygen atoms in total. The van der Waals surface area contributed by atoms with Crippen molar-refractivity contribution in [2.45, 2.75) is 12.5 Å². The molecule has 3 aromatic rings. The lowest BCUT2D eigenvalue weighted by molar-refractivity contribution is 0.0926. The summed E-state index contributed by atoms with van der Waals surface area (Å²) in [5, 5.41) is 5.22. The van der Waals surface area contributed by atoms with E-state index in [-0.39, 0.29) is 11.9 Å². The summed E-state index contributed by atoms with van der Waals surface area (Å²) in [6, 6.07) is 21.7. The maximum absolute atomic E-state index is 12.8. The highest BCUT2D eigenvalue weighted by Gasteiger charge is 2.23. The highest BCUT2D eigenvalue weighted by Crippen LogP contribution is 2.32. The van der Waals surface area contributed by atoms with Crippen molar-refractivity contribution in [1.82, 2.24) is 5.32 Å². The summed E-state index contributed by atoms with van der Waals surface area (Å²) >= 11 is 0. The van der Waals surface area contributed by atoms with Gasteiger partial charge in [-0.2, -0.15) is 0 Å². The van der Waals surface area contributed by atoms with E-state index in [1.54, 1.807) is 0 Å². The Labute approximate surface area is 134 Å². The molecule has 1 amide bonds. The smallest absolute Gasteiger partial charge is 0.252 e. The van der Waals surface area contributed by atoms with E-state index in [2.05, 4.69) is 5.32 Å². The van der Waals surface area contributed by atoms with Crippen LogP contribution in [0, 0.1) is 0 Å². The van der Waals surface area contributed by atoms with Gasteiger partial charge < -0.3 is 10.1 Å². The van der Waals surface area contributed by atoms with Gasteiger partial charge in [0.05, 0.1) is 12.6 Å². The van der Waals surface area contributed by atoms with Gasteiger partial charge >= 0.3 is 0 Å². The van der Waals surface area contributed by atoms with E-state index in [0.717, 1.165) is 28.5 Å². The fourth-order valence-corrected chi connectivity index (χ4v) is 3.15. The molecule has 1 N–H and O–H groups in total. The number of hydrogen-bond donors (Lipinski definition) is 1. The molecule has 0 saturated carbocycles. The first-order valence-electron chi connectivity index (χ1n) is 7.83. The Morgan fingerprint density at radius 1 is 0.957 bits per heavy atom. The van der Waals surface area contributed by atoms with Crippen molar-refractivity contribution >= 4 is 16.7 Å². The Bertz CT molecular complexity index is 867. The van der Waals surface area contributed by atoms with Crippen LogP contribution in [0.4, 0.5) is 0 Å². The van der Waals surface area contributed by atoms with Crippen LogP contribution in [0.15, 0.2) is 66.7 Å². The number of nitrogens with one attached hydrogen (secondary N) is 1. The minimum Gasteiger partial charge on any atom is -0.493 e. The largest absolute Gasteiger partial charge is 0.493 e. The fourth-order valence-electron chi connectivity index (χ4n) is 3.15. The molecule has 3 aromatic carbocycles. The maximum Gasteiger partial charge on any atom is 0.252 e. The molecule has 23 heavy (non-hydrogen) atoms. The van der Waals surface area contributed by atoms with Crippen LogP contribution in [0.1, 0.15) is 28.4 Å². The summed E-state index contributed by atoms with van der Waals surface area (Å²) in [5.74, 6) is 0.825. The molecular formula is C20H17NO2. The second-order valence-corrected chi connectivity index (χ2v) is 5.73. The third kappa shape index (κ3) is 2.55. The zero-order valence-electron chi connectivity index (χ0n) is 12.7. The van der Waals surface area contributed by atoms with Crippen molar-refractivity contribution < 1.29 is 9.53 Å². The molecule has 1 aliphatic heterocycles. The number of carbonyl (C=O) groups excluding carboxylic acids is 1. The van der Waals surface area contributed by atoms with Crippen molar-refractivity contribution in [3.05, 3.63) is 77.9 Å². The number of amides is 1. The molecule has 0 fully saturated rings. The van der Waals surface area contributed by atoms with Crippen molar-refractivity contribution in [2.24, 2.45) is 0 Å². The number of ether oxygens (including phenoxy) is 1. The van der Waals surface area contributed by atoms with Gasteiger partial charge in [0.25, 0.3) is 5.91 Å². The van der Waals surface area contributed by atoms with Gasteiger partial charge in [-0.1, -0.05) is 54.6 Å². The van der Waals surface area contributed by atoms with Crippen molar-refractivity contribution in [1.29, 1.82) is 0 Å². The van der Waals surface area contributed by atoms with E-state index < -0.39 is 0 Å². The highest BCUT2D eigenvalue weighted by atomic mass is 16.5. The van der Waals surface area contributed by atoms with E-state index in [4.69, 9.17) is 4.74 Å². The van der Waals surface area contributed by atoms with Gasteiger partial charge in [0.1, 0.15) is 5.75 Å². The molecule has 0 saturated heterocycles. The van der Waals surface area contributed by atoms with E-state index in [1.807, 2.05) is 66.7 Å². The third-order valence-corrected chi connectivity index (χ3v) is 4.30. The summed E-state index contributed by atoms with van der Waals surface area (Å²) < 4.78 is 5.66. The Morgan fingerprint density at radius 3 is 2.70 bits per heavy atom. The molecule has 4 rings (SSSR count). The molecule has 0 spiro atoms. The van der Waals surface area contributed by atoms with Crippen molar-refractivity contribution in [3.8, 4) is 5.75 Å². The standard InChI is InChI=1S/C20H17NO2/c22-20(16-10-5-7-14-6-1-2-8-15(14)16)21-18-12-13-23-19-11-4-3-9-17(18)19/h1-11,18H,12-13H2,(H,21,22)/t18-/m1/s1. The molecule has 0 aliphatic carbocycles. The second-order valence-electron chi connectivity index (χ2n) is 5.73. The lowest BCUT2D eigenvalue weighted by Crippen LogP contribution is -2.32. The topological polar surface area (TPSA) is 38.3 Å². The van der Waals surface area contributed by atoms with Gasteiger partial charge in [-0.15, -0.1) is 0 Å². The molecule has 0 aromatic heterocycles. The summed E-state index contributed by atoms with van der Waals surface area (Å²) in [6.45, 7) is 0.623. The van der Waals surface area contributed by atoms with Crippen LogP contribution in [0.5, 0.6) is 5.75 Å². The van der Waals surface area contributed by atoms with Crippen LogP contribution in [0.25, 0.3) is 10.8 Å². The van der Waals surface area contributed by atoms with Crippen molar-refractivity contribution in [3.63, 3.8) is 0 Å². The molecular weight excluding hydrogens is 286 g/mol. The number of fused-ring (bicyclic) bond motifs is 2. The van der Waals surface area contributed by atoms with E-state index >= 15 is 0 Å². The summed E-state index contributed by atoms with van der Waals surface area (Å²) in [5.41, 5.74) is 1.76. The van der Waals surface area contributed by atoms with E-state index in [9.17, 15) is 4.79 Å². The summed E-state index contributed by atoms with van der Waals surface area (Å²) in [6.07, 6.45) is 0.785. The zero-order valence-corrected chi connectivity index (χ0v) is 12.7. The molecule has 1 heterocycles. The molecule has 0 bridgehead atoms. The van der Waals surface area contributed by atoms with Gasteiger partial charge in [-0.25, -0.2) is 0 Å². The molecule has 114 valence electrons. The van der Waals surface area contributed by atoms with Gasteiger partial charge in [0.15, 0.2) is 0 Å². The first-order chi connectivity index (χ1) is 11.3. The van der Waals surface area contributed by atoms with Gasteiger partial charge in [0, 0.05) is 17.5 Å². The lowest BCUT2D eigenvalue weighted by Gasteiger charge is -2.26. The Balaban J connectivity index is 1.66. The SMILES string of the molecule is O=C(N[C@@H]1CCOc2ccccc21)c1cccc2ccccc12. The fraction of sp³-hybridized carbons (Fsp3) is 0.150. The number of benzene rings is 3. The number of hydrogen-bond acceptors (Lipinski definition) is 2. The summed E-state index contributed by atoms with van der Waals surface area (Å²) in [4.78, 5) is 12.8. The van der Waals surface area contributed by atoms with Crippen molar-refractivity contribution in [2.75, 3.05) is 6.61 Å². The van der Waals surface area contributed by atoms with Crippen LogP contribution >= 0.6 is 0 Å². The first-order valence-corrected chi connectivity index (χ1v) is 7.83. The third-order valence-electron chi connectivity index (χ3n) is 4.30. The zero-order chi connectivity index (χ0) is 15.6. The monoisotopic (exact) mass is 303 g/mol. The minimum atomic E-state index is -0.0384. The van der Waals surface area contributed by atoms with Gasteiger partial charge in [0.2, 0.25) is 0 Å². The predicted octanol–water partition coefficient (Wildman–Crippen LogP) is 4.09.